The van der Waals surface area contributed by atoms with Crippen LogP contribution in [0.15, 0.2) is 64.3 Å². The third kappa shape index (κ3) is 11.3. The lowest BCUT2D eigenvalue weighted by molar-refractivity contribution is -0.345. The van der Waals surface area contributed by atoms with Crippen molar-refractivity contribution in [2.45, 2.75) is 225 Å². The molecule has 11 atom stereocenters. The molecule has 1 unspecified atom stereocenters. The number of hydrogen-bond donors (Lipinski definition) is 2. The van der Waals surface area contributed by atoms with E-state index in [4.69, 9.17) is 41.7 Å². The summed E-state index contributed by atoms with van der Waals surface area (Å²) >= 11 is 0. The summed E-state index contributed by atoms with van der Waals surface area (Å²) in [5, 5.41) is 17.3. The Labute approximate surface area is 451 Å². The molecule has 2 heterocycles. The van der Waals surface area contributed by atoms with E-state index in [1.54, 1.807) is 90.9 Å². The number of hydrogen-bond acceptors (Lipinski definition) is 16. The third-order valence-corrected chi connectivity index (χ3v) is 26.8. The maximum atomic E-state index is 16.7. The van der Waals surface area contributed by atoms with E-state index in [1.807, 2.05) is 27.7 Å². The molecule has 2 N–H and O–H groups in total. The predicted molar refractivity (Wildman–Crippen MR) is 287 cm³/mol. The minimum atomic E-state index is -2.79. The molecular formula is C57H85NO16Si2. The number of ether oxygens (including phenoxy) is 6. The lowest BCUT2D eigenvalue weighted by atomic mass is 9.44. The number of amides is 1. The van der Waals surface area contributed by atoms with Gasteiger partial charge < -0.3 is 52.1 Å². The molecule has 76 heavy (non-hydrogen) atoms. The molecule has 17 nitrogen and oxygen atoms in total. The molecule has 3 aliphatic carbocycles. The number of carbonyl (C=O) groups excluding carboxylic acids is 6. The summed E-state index contributed by atoms with van der Waals surface area (Å²) in [6.07, 6.45) is -7.69. The van der Waals surface area contributed by atoms with Crippen molar-refractivity contribution in [3.63, 3.8) is 0 Å². The molecule has 2 aromatic rings. The van der Waals surface area contributed by atoms with Crippen molar-refractivity contribution in [2.75, 3.05) is 6.61 Å². The summed E-state index contributed by atoms with van der Waals surface area (Å²) in [6.45, 7) is 26.8. The Hall–Kier alpha value is -4.67. The van der Waals surface area contributed by atoms with Crippen molar-refractivity contribution in [2.24, 2.45) is 16.7 Å². The van der Waals surface area contributed by atoms with Gasteiger partial charge in [0.1, 0.15) is 41.3 Å². The van der Waals surface area contributed by atoms with E-state index >= 15 is 9.59 Å². The lowest BCUT2D eigenvalue weighted by Crippen LogP contribution is -2.82. The van der Waals surface area contributed by atoms with Crippen molar-refractivity contribution in [3.05, 3.63) is 71.2 Å². The molecule has 1 amide bonds. The number of furan rings is 1. The van der Waals surface area contributed by atoms with Crippen LogP contribution in [0.1, 0.15) is 152 Å². The van der Waals surface area contributed by atoms with Crippen LogP contribution in [0.3, 0.4) is 0 Å². The van der Waals surface area contributed by atoms with Crippen LogP contribution in [0.5, 0.6) is 0 Å². The van der Waals surface area contributed by atoms with E-state index in [1.165, 1.54) is 13.2 Å². The monoisotopic (exact) mass is 1100 g/mol. The average molecular weight is 1100 g/mol. The van der Waals surface area contributed by atoms with Crippen LogP contribution >= 0.6 is 0 Å². The van der Waals surface area contributed by atoms with Gasteiger partial charge in [0.25, 0.3) is 0 Å². The van der Waals surface area contributed by atoms with Crippen LogP contribution in [-0.4, -0.2) is 118 Å². The zero-order valence-corrected chi connectivity index (χ0v) is 49.6. The molecule has 1 saturated heterocycles. The summed E-state index contributed by atoms with van der Waals surface area (Å²) in [7, 11) is -5.45. The fraction of sp³-hybridized carbons (Fsp3) is 0.684. The second-order valence-corrected chi connectivity index (χ2v) is 32.5. The number of Topliss-reactive ketones (excluding diaryl/α,β-unsaturated/α-hetero) is 1. The average Bonchev–Trinajstić information content (AvgIpc) is 3.92. The van der Waals surface area contributed by atoms with E-state index in [9.17, 15) is 24.3 Å². The van der Waals surface area contributed by atoms with Crippen LogP contribution in [0.25, 0.3) is 0 Å². The highest BCUT2D eigenvalue weighted by molar-refractivity contribution is 6.74. The molecule has 19 heteroatoms. The zero-order chi connectivity index (χ0) is 56.4. The summed E-state index contributed by atoms with van der Waals surface area (Å²) in [4.78, 5) is 88.7. The molecule has 1 aliphatic heterocycles. The highest BCUT2D eigenvalue weighted by Crippen LogP contribution is 2.65. The van der Waals surface area contributed by atoms with Gasteiger partial charge in [-0.15, -0.1) is 0 Å². The van der Waals surface area contributed by atoms with Crippen LogP contribution in [-0.2, 0) is 56.5 Å². The van der Waals surface area contributed by atoms with Crippen molar-refractivity contribution in [1.29, 1.82) is 0 Å². The first-order valence-electron chi connectivity index (χ1n) is 27.5. The van der Waals surface area contributed by atoms with Gasteiger partial charge in [0.2, 0.25) is 0 Å². The predicted octanol–water partition coefficient (Wildman–Crippen LogP) is 10.3. The Kier molecular flexibility index (Phi) is 18.6. The Bertz CT molecular complexity index is 2430. The van der Waals surface area contributed by atoms with Gasteiger partial charge in [0.15, 0.2) is 40.2 Å². The number of aliphatic hydroxyl groups is 1. The van der Waals surface area contributed by atoms with Crippen LogP contribution in [0.4, 0.5) is 4.79 Å². The molecule has 2 saturated carbocycles. The topological polar surface area (TPSA) is 222 Å². The molecule has 0 radical (unpaired) electrons. The maximum absolute atomic E-state index is 16.7. The summed E-state index contributed by atoms with van der Waals surface area (Å²) in [6, 6.07) is 14.0. The summed E-state index contributed by atoms with van der Waals surface area (Å²) < 4.78 is 58.8. The molecule has 1 aromatic carbocycles. The lowest BCUT2D eigenvalue weighted by Gasteiger charge is -2.68. The molecule has 0 spiro atoms. The normalized spacial score (nSPS) is 29.0. The number of fused-ring (bicyclic) bond motifs is 5. The Morgan fingerprint density at radius 1 is 0.855 bits per heavy atom. The number of esters is 4. The number of carbonyl (C=O) groups is 6. The van der Waals surface area contributed by atoms with Crippen LogP contribution in [0, 0.1) is 16.7 Å². The maximum Gasteiger partial charge on any atom is 0.408 e. The fourth-order valence-electron chi connectivity index (χ4n) is 12.6. The first kappa shape index (κ1) is 60.6. The minimum absolute atomic E-state index is 0.0109. The van der Waals surface area contributed by atoms with Crippen molar-refractivity contribution in [1.82, 2.24) is 5.32 Å². The van der Waals surface area contributed by atoms with Gasteiger partial charge >= 0.3 is 30.0 Å². The number of nitrogens with one attached hydrogen (secondary N) is 1. The van der Waals surface area contributed by atoms with Crippen molar-refractivity contribution < 1.29 is 75.6 Å². The second-order valence-electron chi connectivity index (χ2n) is 23.1. The first-order valence-corrected chi connectivity index (χ1v) is 32.6. The fourth-order valence-corrected chi connectivity index (χ4v) is 18.3. The van der Waals surface area contributed by atoms with Crippen molar-refractivity contribution >= 4 is 52.4 Å². The quantitative estimate of drug-likeness (QED) is 0.0514. The summed E-state index contributed by atoms with van der Waals surface area (Å²) in [5.74, 6) is -5.08. The standard InChI is InChI=1S/C57H85NO16Si2/c1-16-27-42(60)71-56-34-67-41(56)32-40(73-75(17-2,18-3)19-4)55(15)47(56)49(70-50(62)37-28-24-23-25-29-37)57(65)33-39(35(8)43(54(57,13)14)45(48(55)61)68-36(9)59)69-51(63)46(74-76(20-5,21-6)22-7)44(38-30-26-31-66-38)58-52(64)72-53(10,11)12/h23-26,28-31,39-41,44-47,49,65H,16-22,27,32-34H2,1-15H3,(H,58,64)/t39-,40-,41+,44-,45+,46+,47?,49-,55+,56-,57+/m0/s1. The van der Waals surface area contributed by atoms with Crippen LogP contribution in [0.2, 0.25) is 36.3 Å². The van der Waals surface area contributed by atoms with Gasteiger partial charge in [-0.2, -0.15) is 0 Å². The minimum Gasteiger partial charge on any atom is -0.467 e. The largest absolute Gasteiger partial charge is 0.467 e. The van der Waals surface area contributed by atoms with E-state index in [0.29, 0.717) is 42.7 Å². The van der Waals surface area contributed by atoms with Gasteiger partial charge in [0.05, 0.1) is 35.9 Å². The van der Waals surface area contributed by atoms with Gasteiger partial charge in [-0.25, -0.2) is 14.4 Å². The zero-order valence-electron chi connectivity index (χ0n) is 47.6. The van der Waals surface area contributed by atoms with E-state index in [2.05, 4.69) is 26.1 Å². The Balaban J connectivity index is 1.66. The molecular weight excluding hydrogens is 1010 g/mol. The third-order valence-electron chi connectivity index (χ3n) is 17.5. The van der Waals surface area contributed by atoms with Crippen LogP contribution < -0.4 is 5.32 Å². The number of alkyl carbamates (subject to hydrolysis) is 1. The number of rotatable bonds is 21. The van der Waals surface area contributed by atoms with Gasteiger partial charge in [-0.05, 0) is 113 Å². The van der Waals surface area contributed by atoms with E-state index < -0.39 is 135 Å². The van der Waals surface area contributed by atoms with Gasteiger partial charge in [-0.3, -0.25) is 14.4 Å². The number of benzene rings is 1. The SMILES string of the molecule is CCCC(=O)O[C@@]12CO[C@@H]1C[C@H](O[Si](CC)(CC)CC)[C@@]1(C)C(=O)[C@H](OC(C)=O)C3=C(C)[C@@H](OC(=O)[C@H](O[Si](CC)(CC)CC)[C@@H](NC(=O)OC(C)(C)C)c4ccco4)C[C@@](O)([C@@H](OC(=O)c4ccccc4)C12)C3(C)C. The van der Waals surface area contributed by atoms with Gasteiger partial charge in [0, 0.05) is 31.6 Å². The molecule has 422 valence electrons. The Morgan fingerprint density at radius 3 is 1.99 bits per heavy atom. The van der Waals surface area contributed by atoms with Gasteiger partial charge in [-0.1, -0.05) is 80.5 Å². The molecule has 3 fully saturated rings. The van der Waals surface area contributed by atoms with Crippen molar-refractivity contribution in [3.8, 4) is 0 Å². The summed E-state index contributed by atoms with van der Waals surface area (Å²) in [5.41, 5.74) is -7.89. The molecule has 2 bridgehead atoms. The molecule has 4 aliphatic rings. The Morgan fingerprint density at radius 2 is 1.47 bits per heavy atom. The smallest absolute Gasteiger partial charge is 0.408 e. The highest BCUT2D eigenvalue weighted by Gasteiger charge is 2.79. The number of ketones is 1. The molecule has 1 aromatic heterocycles. The molecule has 6 rings (SSSR count). The highest BCUT2D eigenvalue weighted by atomic mass is 28.4. The first-order chi connectivity index (χ1) is 35.7. The van der Waals surface area contributed by atoms with E-state index in [0.717, 1.165) is 0 Å². The van der Waals surface area contributed by atoms with E-state index in [-0.39, 0.29) is 41.9 Å². The second kappa shape index (κ2) is 23.3.